The van der Waals surface area contributed by atoms with Crippen molar-refractivity contribution in [3.8, 4) is 0 Å². The van der Waals surface area contributed by atoms with Crippen molar-refractivity contribution in [2.75, 3.05) is 26.7 Å². The summed E-state index contributed by atoms with van der Waals surface area (Å²) in [6.45, 7) is 2.55. The smallest absolute Gasteiger partial charge is 0.217 e. The molecule has 1 aliphatic heterocycles. The lowest BCUT2D eigenvalue weighted by atomic mass is 9.69. The van der Waals surface area contributed by atoms with E-state index >= 15 is 0 Å². The largest absolute Gasteiger partial charge is 0.370 e. The summed E-state index contributed by atoms with van der Waals surface area (Å²) in [5.74, 6) is 0.770. The fourth-order valence-electron chi connectivity index (χ4n) is 4.89. The van der Waals surface area contributed by atoms with Gasteiger partial charge in [-0.3, -0.25) is 9.79 Å². The van der Waals surface area contributed by atoms with Gasteiger partial charge in [-0.05, 0) is 49.3 Å². The predicted molar refractivity (Wildman–Crippen MR) is 111 cm³/mol. The number of carbonyl (C=O) groups excluding carboxylic acids is 1. The monoisotopic (exact) mass is 388 g/mol. The Bertz CT molecular complexity index is 682. The summed E-state index contributed by atoms with van der Waals surface area (Å²) in [5, 5.41) is 3.60. The average Bonchev–Trinajstić information content (AvgIpc) is 2.69. The molecule has 0 spiro atoms. The van der Waals surface area contributed by atoms with Crippen LogP contribution in [-0.2, 0) is 10.2 Å². The van der Waals surface area contributed by atoms with Crippen LogP contribution >= 0.6 is 0 Å². The first-order valence-corrected chi connectivity index (χ1v) is 10.5. The van der Waals surface area contributed by atoms with Gasteiger partial charge in [-0.15, -0.1) is 0 Å². The summed E-state index contributed by atoms with van der Waals surface area (Å²) < 4.78 is 13.4. The molecule has 1 saturated heterocycles. The first-order chi connectivity index (χ1) is 13.5. The Hall–Kier alpha value is -2.11. The van der Waals surface area contributed by atoms with Gasteiger partial charge in [0.2, 0.25) is 5.91 Å². The fourth-order valence-corrected chi connectivity index (χ4v) is 4.89. The van der Waals surface area contributed by atoms with Crippen LogP contribution in [0.4, 0.5) is 4.39 Å². The van der Waals surface area contributed by atoms with Gasteiger partial charge in [-0.1, -0.05) is 31.4 Å². The Morgan fingerprint density at radius 1 is 1.25 bits per heavy atom. The zero-order valence-corrected chi connectivity index (χ0v) is 16.9. The number of nitrogens with two attached hydrogens (primary N) is 1. The van der Waals surface area contributed by atoms with Gasteiger partial charge in [0.05, 0.1) is 0 Å². The van der Waals surface area contributed by atoms with Crippen molar-refractivity contribution in [2.45, 2.75) is 56.8 Å². The molecule has 5 nitrogen and oxygen atoms in total. The molecule has 1 aliphatic carbocycles. The van der Waals surface area contributed by atoms with E-state index in [1.807, 2.05) is 19.2 Å². The Morgan fingerprint density at radius 3 is 2.61 bits per heavy atom. The second kappa shape index (κ2) is 9.39. The van der Waals surface area contributed by atoms with Gasteiger partial charge in [0, 0.05) is 38.5 Å². The summed E-state index contributed by atoms with van der Waals surface area (Å²) in [7, 11) is 1.81. The molecular formula is C22H33FN4O. The van der Waals surface area contributed by atoms with E-state index in [0.717, 1.165) is 51.3 Å². The Morgan fingerprint density at radius 2 is 1.96 bits per heavy atom. The van der Waals surface area contributed by atoms with E-state index in [0.29, 0.717) is 12.3 Å². The summed E-state index contributed by atoms with van der Waals surface area (Å²) in [6.07, 6.45) is 8.38. The number of hydrogen-bond acceptors (Lipinski definition) is 2. The van der Waals surface area contributed by atoms with Gasteiger partial charge in [-0.2, -0.15) is 0 Å². The van der Waals surface area contributed by atoms with E-state index in [1.54, 1.807) is 12.1 Å². The zero-order valence-electron chi connectivity index (χ0n) is 16.9. The highest BCUT2D eigenvalue weighted by Gasteiger charge is 2.34. The van der Waals surface area contributed by atoms with Crippen LogP contribution in [0.3, 0.4) is 0 Å². The number of hydrogen-bond donors (Lipinski definition) is 2. The molecule has 2 aliphatic rings. The molecule has 28 heavy (non-hydrogen) atoms. The van der Waals surface area contributed by atoms with Gasteiger partial charge in [0.15, 0.2) is 5.96 Å². The lowest BCUT2D eigenvalue weighted by Gasteiger charge is -2.40. The molecule has 6 heteroatoms. The van der Waals surface area contributed by atoms with Gasteiger partial charge < -0.3 is 16.0 Å². The number of aliphatic imine (C=N–C) groups is 1. The maximum absolute atomic E-state index is 13.4. The molecule has 0 aromatic heterocycles. The molecule has 1 heterocycles. The SMILES string of the molecule is CN=C(NCC1(c2ccc(F)cc2)CCCCC1)N1CCCC(CC(N)=O)C1. The van der Waals surface area contributed by atoms with Crippen molar-refractivity contribution in [2.24, 2.45) is 16.6 Å². The van der Waals surface area contributed by atoms with Gasteiger partial charge in [0.1, 0.15) is 5.82 Å². The normalized spacial score (nSPS) is 22.7. The van der Waals surface area contributed by atoms with Crippen molar-refractivity contribution in [3.05, 3.63) is 35.6 Å². The first-order valence-electron chi connectivity index (χ1n) is 10.5. The van der Waals surface area contributed by atoms with Crippen LogP contribution in [0.25, 0.3) is 0 Å². The minimum Gasteiger partial charge on any atom is -0.370 e. The van der Waals surface area contributed by atoms with Gasteiger partial charge in [0.25, 0.3) is 0 Å². The topological polar surface area (TPSA) is 70.7 Å². The third-order valence-electron chi connectivity index (χ3n) is 6.37. The third kappa shape index (κ3) is 5.03. The molecule has 1 unspecified atom stereocenters. The number of primary amides is 1. The van der Waals surface area contributed by atoms with E-state index in [9.17, 15) is 9.18 Å². The number of halogens is 1. The molecule has 1 aromatic rings. The number of nitrogens with one attached hydrogen (secondary N) is 1. The highest BCUT2D eigenvalue weighted by atomic mass is 19.1. The van der Waals surface area contributed by atoms with Crippen LogP contribution < -0.4 is 11.1 Å². The van der Waals surface area contributed by atoms with Crippen LogP contribution in [0.15, 0.2) is 29.3 Å². The van der Waals surface area contributed by atoms with E-state index in [1.165, 1.54) is 24.8 Å². The highest BCUT2D eigenvalue weighted by molar-refractivity contribution is 5.80. The number of piperidine rings is 1. The molecule has 0 bridgehead atoms. The molecule has 1 aromatic carbocycles. The molecule has 1 amide bonds. The van der Waals surface area contributed by atoms with E-state index in [4.69, 9.17) is 5.73 Å². The number of guanidine groups is 1. The summed E-state index contributed by atoms with van der Waals surface area (Å²) >= 11 is 0. The van der Waals surface area contributed by atoms with Gasteiger partial charge >= 0.3 is 0 Å². The maximum Gasteiger partial charge on any atom is 0.217 e. The molecule has 3 rings (SSSR count). The Labute approximate surface area is 167 Å². The Balaban J connectivity index is 1.69. The first kappa shape index (κ1) is 20.6. The molecule has 0 radical (unpaired) electrons. The quantitative estimate of drug-likeness (QED) is 0.601. The number of benzene rings is 1. The highest BCUT2D eigenvalue weighted by Crippen LogP contribution is 2.39. The lowest BCUT2D eigenvalue weighted by molar-refractivity contribution is -0.119. The second-order valence-corrected chi connectivity index (χ2v) is 8.37. The minimum absolute atomic E-state index is 0.0182. The van der Waals surface area contributed by atoms with Crippen molar-refractivity contribution >= 4 is 11.9 Å². The van der Waals surface area contributed by atoms with Gasteiger partial charge in [-0.25, -0.2) is 4.39 Å². The zero-order chi connectivity index (χ0) is 20.0. The van der Waals surface area contributed by atoms with Crippen LogP contribution in [0.1, 0.15) is 56.9 Å². The van der Waals surface area contributed by atoms with Crippen molar-refractivity contribution in [1.82, 2.24) is 10.2 Å². The van der Waals surface area contributed by atoms with Crippen molar-refractivity contribution in [1.29, 1.82) is 0 Å². The number of carbonyl (C=O) groups is 1. The van der Waals surface area contributed by atoms with E-state index in [-0.39, 0.29) is 17.1 Å². The van der Waals surface area contributed by atoms with Crippen LogP contribution in [0.5, 0.6) is 0 Å². The molecule has 2 fully saturated rings. The van der Waals surface area contributed by atoms with Crippen LogP contribution in [0.2, 0.25) is 0 Å². The number of amides is 1. The van der Waals surface area contributed by atoms with Crippen molar-refractivity contribution in [3.63, 3.8) is 0 Å². The summed E-state index contributed by atoms with van der Waals surface area (Å²) in [5.41, 5.74) is 6.62. The third-order valence-corrected chi connectivity index (χ3v) is 6.37. The Kier molecular flexibility index (Phi) is 6.92. The molecule has 1 saturated carbocycles. The summed E-state index contributed by atoms with van der Waals surface area (Å²) in [4.78, 5) is 18.1. The van der Waals surface area contributed by atoms with Crippen molar-refractivity contribution < 1.29 is 9.18 Å². The van der Waals surface area contributed by atoms with E-state index in [2.05, 4.69) is 15.2 Å². The lowest BCUT2D eigenvalue weighted by Crippen LogP contribution is -2.51. The summed E-state index contributed by atoms with van der Waals surface area (Å²) in [6, 6.07) is 7.02. The molecule has 154 valence electrons. The van der Waals surface area contributed by atoms with Crippen LogP contribution in [-0.4, -0.2) is 43.4 Å². The number of rotatable bonds is 5. The standard InChI is InChI=1S/C22H33FN4O/c1-25-21(27-13-5-6-17(15-27)14-20(24)28)26-16-22(11-3-2-4-12-22)18-7-9-19(23)10-8-18/h7-10,17H,2-6,11-16H2,1H3,(H2,24,28)(H,25,26). The minimum atomic E-state index is -0.229. The molecule has 1 atom stereocenters. The van der Waals surface area contributed by atoms with E-state index < -0.39 is 0 Å². The molecular weight excluding hydrogens is 355 g/mol. The fraction of sp³-hybridized carbons (Fsp3) is 0.636. The van der Waals surface area contributed by atoms with Crippen LogP contribution in [0, 0.1) is 11.7 Å². The molecule has 3 N–H and O–H groups in total. The number of nitrogens with zero attached hydrogens (tertiary/aromatic N) is 2. The predicted octanol–water partition coefficient (Wildman–Crippen LogP) is 3.19. The average molecular weight is 389 g/mol. The maximum atomic E-state index is 13.4. The number of likely N-dealkylation sites (tertiary alicyclic amines) is 1. The second-order valence-electron chi connectivity index (χ2n) is 8.37.